The van der Waals surface area contributed by atoms with Gasteiger partial charge in [0.2, 0.25) is 10.0 Å². The van der Waals surface area contributed by atoms with Crippen LogP contribution in [0.15, 0.2) is 17.0 Å². The fourth-order valence-corrected chi connectivity index (χ4v) is 4.42. The number of nitrogens with one attached hydrogen (secondary N) is 1. The van der Waals surface area contributed by atoms with E-state index in [0.29, 0.717) is 29.5 Å². The van der Waals surface area contributed by atoms with Crippen LogP contribution in [-0.4, -0.2) is 53.7 Å². The predicted octanol–water partition coefficient (Wildman–Crippen LogP) is 2.02. The zero-order chi connectivity index (χ0) is 17.7. The van der Waals surface area contributed by atoms with Crippen LogP contribution in [0.3, 0.4) is 0 Å². The maximum atomic E-state index is 12.6. The third-order valence-corrected chi connectivity index (χ3v) is 6.03. The van der Waals surface area contributed by atoms with Crippen molar-refractivity contribution in [1.82, 2.24) is 9.62 Å². The van der Waals surface area contributed by atoms with Gasteiger partial charge in [-0.3, -0.25) is 0 Å². The molecule has 1 N–H and O–H groups in total. The van der Waals surface area contributed by atoms with Crippen LogP contribution in [0.5, 0.6) is 11.5 Å². The van der Waals surface area contributed by atoms with E-state index >= 15 is 0 Å². The van der Waals surface area contributed by atoms with Crippen LogP contribution < -0.4 is 14.2 Å². The molecular formula is C17H28N2O4S. The van der Waals surface area contributed by atoms with E-state index in [4.69, 9.17) is 9.47 Å². The molecule has 1 heterocycles. The Labute approximate surface area is 145 Å². The van der Waals surface area contributed by atoms with E-state index in [-0.39, 0.29) is 4.90 Å². The molecule has 1 saturated heterocycles. The Morgan fingerprint density at radius 1 is 1.25 bits per heavy atom. The molecule has 0 radical (unpaired) electrons. The molecule has 6 nitrogen and oxygen atoms in total. The maximum absolute atomic E-state index is 12.6. The first-order valence-electron chi connectivity index (χ1n) is 8.32. The number of ether oxygens (including phenoxy) is 2. The van der Waals surface area contributed by atoms with Crippen LogP contribution in [-0.2, 0) is 10.0 Å². The average Bonchev–Trinajstić information content (AvgIpc) is 2.54. The summed E-state index contributed by atoms with van der Waals surface area (Å²) in [5.41, 5.74) is 0.631. The van der Waals surface area contributed by atoms with Crippen LogP contribution in [0.2, 0.25) is 0 Å². The SMILES string of the molecule is COc1cc(C)c(S(=O)(=O)NCCN2CCC[C@H](C)C2)cc1OC. The number of piperidine rings is 1. The molecule has 1 aliphatic heterocycles. The second-order valence-electron chi connectivity index (χ2n) is 6.42. The minimum Gasteiger partial charge on any atom is -0.493 e. The van der Waals surface area contributed by atoms with E-state index in [2.05, 4.69) is 16.5 Å². The standard InChI is InChI=1S/C17H28N2O4S/c1-13-6-5-8-19(12-13)9-7-18-24(20,21)17-11-16(23-4)15(22-3)10-14(17)2/h10-11,13,18H,5-9,12H2,1-4H3/t13-/m0/s1. The van der Waals surface area contributed by atoms with Crippen LogP contribution in [0.25, 0.3) is 0 Å². The Morgan fingerprint density at radius 2 is 1.92 bits per heavy atom. The average molecular weight is 356 g/mol. The van der Waals surface area contributed by atoms with Gasteiger partial charge in [0.1, 0.15) is 0 Å². The van der Waals surface area contributed by atoms with E-state index in [9.17, 15) is 8.42 Å². The van der Waals surface area contributed by atoms with Crippen molar-refractivity contribution in [2.24, 2.45) is 5.92 Å². The number of aryl methyl sites for hydroxylation is 1. The van der Waals surface area contributed by atoms with Gasteiger partial charge in [-0.15, -0.1) is 0 Å². The predicted molar refractivity (Wildman–Crippen MR) is 94.3 cm³/mol. The number of likely N-dealkylation sites (tertiary alicyclic amines) is 1. The van der Waals surface area contributed by atoms with E-state index in [1.165, 1.54) is 33.1 Å². The third-order valence-electron chi connectivity index (χ3n) is 4.43. The van der Waals surface area contributed by atoms with Crippen molar-refractivity contribution in [3.8, 4) is 11.5 Å². The van der Waals surface area contributed by atoms with Gasteiger partial charge in [-0.05, 0) is 43.9 Å². The lowest BCUT2D eigenvalue weighted by Crippen LogP contribution is -2.40. The largest absolute Gasteiger partial charge is 0.493 e. The quantitative estimate of drug-likeness (QED) is 0.810. The van der Waals surface area contributed by atoms with Gasteiger partial charge in [0.05, 0.1) is 19.1 Å². The normalized spacial score (nSPS) is 19.2. The Balaban J connectivity index is 2.04. The second-order valence-corrected chi connectivity index (χ2v) is 8.15. The maximum Gasteiger partial charge on any atom is 0.241 e. The van der Waals surface area contributed by atoms with Gasteiger partial charge in [0, 0.05) is 25.7 Å². The first-order chi connectivity index (χ1) is 11.4. The highest BCUT2D eigenvalue weighted by Gasteiger charge is 2.21. The number of hydrogen-bond acceptors (Lipinski definition) is 5. The Morgan fingerprint density at radius 3 is 2.54 bits per heavy atom. The van der Waals surface area contributed by atoms with Crippen molar-refractivity contribution in [3.63, 3.8) is 0 Å². The van der Waals surface area contributed by atoms with Gasteiger partial charge in [-0.2, -0.15) is 0 Å². The number of rotatable bonds is 7. The summed E-state index contributed by atoms with van der Waals surface area (Å²) in [7, 11) is -0.549. The van der Waals surface area contributed by atoms with Crippen LogP contribution in [0, 0.1) is 12.8 Å². The molecule has 1 aliphatic rings. The van der Waals surface area contributed by atoms with Gasteiger partial charge in [0.15, 0.2) is 11.5 Å². The summed E-state index contributed by atoms with van der Waals surface area (Å²) < 4.78 is 38.3. The topological polar surface area (TPSA) is 67.9 Å². The second kappa shape index (κ2) is 8.18. The minimum absolute atomic E-state index is 0.229. The van der Waals surface area contributed by atoms with Crippen molar-refractivity contribution in [2.45, 2.75) is 31.6 Å². The smallest absolute Gasteiger partial charge is 0.241 e. The third kappa shape index (κ3) is 4.62. The summed E-state index contributed by atoms with van der Waals surface area (Å²) in [5.74, 6) is 1.62. The highest BCUT2D eigenvalue weighted by atomic mass is 32.2. The Kier molecular flexibility index (Phi) is 6.48. The van der Waals surface area contributed by atoms with Gasteiger partial charge >= 0.3 is 0 Å². The van der Waals surface area contributed by atoms with Crippen molar-refractivity contribution in [3.05, 3.63) is 17.7 Å². The molecule has 1 fully saturated rings. The molecule has 0 aromatic heterocycles. The summed E-state index contributed by atoms with van der Waals surface area (Å²) in [6.45, 7) is 7.21. The lowest BCUT2D eigenvalue weighted by molar-refractivity contribution is 0.187. The van der Waals surface area contributed by atoms with E-state index in [1.807, 2.05) is 0 Å². The highest BCUT2D eigenvalue weighted by molar-refractivity contribution is 7.89. The summed E-state index contributed by atoms with van der Waals surface area (Å²) in [6, 6.07) is 3.19. The van der Waals surface area contributed by atoms with Crippen molar-refractivity contribution in [2.75, 3.05) is 40.4 Å². The summed E-state index contributed by atoms with van der Waals surface area (Å²) in [5, 5.41) is 0. The van der Waals surface area contributed by atoms with Gasteiger partial charge in [-0.1, -0.05) is 6.92 Å². The van der Waals surface area contributed by atoms with Crippen molar-refractivity contribution in [1.29, 1.82) is 0 Å². The first kappa shape index (κ1) is 19.0. The molecule has 24 heavy (non-hydrogen) atoms. The molecule has 0 unspecified atom stereocenters. The molecule has 2 rings (SSSR count). The fraction of sp³-hybridized carbons (Fsp3) is 0.647. The van der Waals surface area contributed by atoms with Crippen LogP contribution >= 0.6 is 0 Å². The van der Waals surface area contributed by atoms with Crippen LogP contribution in [0.1, 0.15) is 25.3 Å². The minimum atomic E-state index is -3.58. The van der Waals surface area contributed by atoms with Gasteiger partial charge in [-0.25, -0.2) is 13.1 Å². The number of hydrogen-bond donors (Lipinski definition) is 1. The van der Waals surface area contributed by atoms with E-state index in [0.717, 1.165) is 19.6 Å². The fourth-order valence-electron chi connectivity index (χ4n) is 3.16. The summed E-state index contributed by atoms with van der Waals surface area (Å²) in [6.07, 6.45) is 2.44. The zero-order valence-corrected chi connectivity index (χ0v) is 15.8. The monoisotopic (exact) mass is 356 g/mol. The summed E-state index contributed by atoms with van der Waals surface area (Å²) >= 11 is 0. The van der Waals surface area contributed by atoms with Gasteiger partial charge < -0.3 is 14.4 Å². The molecule has 0 spiro atoms. The lowest BCUT2D eigenvalue weighted by Gasteiger charge is -2.30. The molecule has 7 heteroatoms. The number of methoxy groups -OCH3 is 2. The lowest BCUT2D eigenvalue weighted by atomic mass is 10.0. The Bertz CT molecular complexity index is 661. The van der Waals surface area contributed by atoms with Gasteiger partial charge in [0.25, 0.3) is 0 Å². The zero-order valence-electron chi connectivity index (χ0n) is 15.0. The van der Waals surface area contributed by atoms with E-state index < -0.39 is 10.0 Å². The van der Waals surface area contributed by atoms with Crippen molar-refractivity contribution < 1.29 is 17.9 Å². The molecule has 1 aromatic rings. The molecule has 1 atom stereocenters. The molecular weight excluding hydrogens is 328 g/mol. The summed E-state index contributed by atoms with van der Waals surface area (Å²) in [4.78, 5) is 2.55. The number of benzene rings is 1. The van der Waals surface area contributed by atoms with Crippen molar-refractivity contribution >= 4 is 10.0 Å². The molecule has 0 saturated carbocycles. The highest BCUT2D eigenvalue weighted by Crippen LogP contribution is 2.32. The molecule has 1 aromatic carbocycles. The number of sulfonamides is 1. The molecule has 0 bridgehead atoms. The molecule has 0 aliphatic carbocycles. The van der Waals surface area contributed by atoms with Crippen LogP contribution in [0.4, 0.5) is 0 Å². The first-order valence-corrected chi connectivity index (χ1v) is 9.80. The Hall–Kier alpha value is -1.31. The number of nitrogens with zero attached hydrogens (tertiary/aromatic N) is 1. The molecule has 0 amide bonds. The van der Waals surface area contributed by atoms with E-state index in [1.54, 1.807) is 13.0 Å². The molecule has 136 valence electrons.